The lowest BCUT2D eigenvalue weighted by Crippen LogP contribution is -2.80. The van der Waals surface area contributed by atoms with Gasteiger partial charge in [0.25, 0.3) is 0 Å². The predicted octanol–water partition coefficient (Wildman–Crippen LogP) is -1.78. The van der Waals surface area contributed by atoms with E-state index in [1.54, 1.807) is 0 Å². The predicted molar refractivity (Wildman–Crippen MR) is 32.4 cm³/mol. The molecule has 0 rings (SSSR count). The second kappa shape index (κ2) is 3.04. The molecule has 4 heteroatoms. The van der Waals surface area contributed by atoms with Crippen LogP contribution in [0.2, 0.25) is 0 Å². The summed E-state index contributed by atoms with van der Waals surface area (Å²) in [5.41, 5.74) is 0. The molecule has 0 aromatic carbocycles. The fourth-order valence-electron chi connectivity index (χ4n) is 0.332. The zero-order chi connectivity index (χ0) is 6.62. The highest BCUT2D eigenvalue weighted by Crippen LogP contribution is 1.75. The van der Waals surface area contributed by atoms with Gasteiger partial charge in [-0.15, -0.1) is 0 Å². The van der Waals surface area contributed by atoms with Gasteiger partial charge in [-0.25, -0.2) is 8.42 Å². The van der Waals surface area contributed by atoms with Crippen molar-refractivity contribution < 1.29 is 13.7 Å². The van der Waals surface area contributed by atoms with Crippen molar-refractivity contribution in [3.05, 3.63) is 0 Å². The summed E-state index contributed by atoms with van der Waals surface area (Å²) in [4.78, 5) is 0. The summed E-state index contributed by atoms with van der Waals surface area (Å²) in [7, 11) is -0.865. The van der Waals surface area contributed by atoms with Crippen LogP contribution in [-0.4, -0.2) is 34.0 Å². The molecule has 0 fully saturated rings. The topological polar surface area (TPSA) is 50.8 Å². The van der Waals surface area contributed by atoms with Crippen LogP contribution < -0.4 is 5.32 Å². The van der Waals surface area contributed by atoms with E-state index < -0.39 is 9.84 Å². The maximum Gasteiger partial charge on any atom is 0.152 e. The number of quaternary nitrogens is 1. The monoisotopic (exact) mass is 138 g/mol. The van der Waals surface area contributed by atoms with Crippen molar-refractivity contribution >= 4 is 9.84 Å². The summed E-state index contributed by atoms with van der Waals surface area (Å²) in [5, 5.41) is 1.85. The summed E-state index contributed by atoms with van der Waals surface area (Å²) >= 11 is 0. The first-order valence-electron chi connectivity index (χ1n) is 2.52. The van der Waals surface area contributed by atoms with Gasteiger partial charge < -0.3 is 5.32 Å². The first kappa shape index (κ1) is 7.91. The number of hydrogen-bond donors (Lipinski definition) is 1. The molecule has 50 valence electrons. The van der Waals surface area contributed by atoms with Gasteiger partial charge in [-0.2, -0.15) is 0 Å². The molecule has 0 unspecified atom stereocenters. The molecule has 0 saturated carbocycles. The normalized spacial score (nSPS) is 11.8. The molecule has 0 aliphatic carbocycles. The van der Waals surface area contributed by atoms with Crippen molar-refractivity contribution in [1.82, 2.24) is 0 Å². The molecule has 0 aromatic heterocycles. The van der Waals surface area contributed by atoms with Crippen LogP contribution >= 0.6 is 0 Å². The molecule has 3 nitrogen and oxygen atoms in total. The molecule has 0 heterocycles. The van der Waals surface area contributed by atoms with Crippen molar-refractivity contribution in [2.45, 2.75) is 0 Å². The third kappa shape index (κ3) is 5.91. The van der Waals surface area contributed by atoms with Gasteiger partial charge in [0.05, 0.1) is 19.3 Å². The van der Waals surface area contributed by atoms with Crippen LogP contribution in [0.15, 0.2) is 0 Å². The van der Waals surface area contributed by atoms with Crippen molar-refractivity contribution in [1.29, 1.82) is 0 Å². The molecule has 2 N–H and O–H groups in total. The summed E-state index contributed by atoms with van der Waals surface area (Å²) in [6.07, 6.45) is 1.25. The number of hydrogen-bond acceptors (Lipinski definition) is 2. The Morgan fingerprint density at radius 3 is 2.12 bits per heavy atom. The first-order chi connectivity index (χ1) is 3.56. The molecule has 0 aliphatic rings. The molecular formula is C4H12NO2S+. The highest BCUT2D eigenvalue weighted by atomic mass is 32.2. The third-order valence-corrected chi connectivity index (χ3v) is 1.75. The van der Waals surface area contributed by atoms with Gasteiger partial charge in [0, 0.05) is 6.26 Å². The fraction of sp³-hybridized carbons (Fsp3) is 1.00. The molecule has 0 spiro atoms. The molecule has 0 saturated heterocycles. The van der Waals surface area contributed by atoms with E-state index in [1.807, 2.05) is 12.4 Å². The van der Waals surface area contributed by atoms with E-state index in [0.29, 0.717) is 6.54 Å². The van der Waals surface area contributed by atoms with E-state index in [9.17, 15) is 8.42 Å². The Kier molecular flexibility index (Phi) is 3.01. The van der Waals surface area contributed by atoms with Crippen molar-refractivity contribution in [2.24, 2.45) is 0 Å². The second-order valence-electron chi connectivity index (χ2n) is 1.83. The van der Waals surface area contributed by atoms with Crippen LogP contribution in [0.1, 0.15) is 0 Å². The zero-order valence-electron chi connectivity index (χ0n) is 5.22. The Balaban J connectivity index is 3.42. The molecule has 0 atom stereocenters. The number of sulfone groups is 1. The lowest BCUT2D eigenvalue weighted by molar-refractivity contribution is -0.622. The SMILES string of the molecule is C[NH2+]CCS(C)(=O)=O. The lowest BCUT2D eigenvalue weighted by Gasteiger charge is -1.91. The lowest BCUT2D eigenvalue weighted by atomic mass is 10.8. The average molecular weight is 138 g/mol. The summed E-state index contributed by atoms with van der Waals surface area (Å²) in [5.74, 6) is 0.281. The maximum absolute atomic E-state index is 10.4. The third-order valence-electron chi connectivity index (χ3n) is 0.777. The highest BCUT2D eigenvalue weighted by molar-refractivity contribution is 7.90. The summed E-state index contributed by atoms with van der Waals surface area (Å²) in [6.45, 7) is 0.666. The van der Waals surface area contributed by atoms with Gasteiger partial charge in [-0.1, -0.05) is 0 Å². The summed E-state index contributed by atoms with van der Waals surface area (Å²) < 4.78 is 20.7. The molecule has 0 amide bonds. The van der Waals surface area contributed by atoms with Gasteiger partial charge in [0.1, 0.15) is 0 Å². The zero-order valence-corrected chi connectivity index (χ0v) is 6.03. The van der Waals surface area contributed by atoms with Crippen LogP contribution in [-0.2, 0) is 9.84 Å². The maximum atomic E-state index is 10.4. The summed E-state index contributed by atoms with van der Waals surface area (Å²) in [6, 6.07) is 0. The number of nitrogens with two attached hydrogens (primary N) is 1. The van der Waals surface area contributed by atoms with E-state index in [0.717, 1.165) is 0 Å². The van der Waals surface area contributed by atoms with E-state index in [2.05, 4.69) is 0 Å². The average Bonchev–Trinajstić information content (AvgIpc) is 1.59. The Bertz CT molecular complexity index is 138. The quantitative estimate of drug-likeness (QED) is 0.501. The van der Waals surface area contributed by atoms with Crippen LogP contribution in [0.25, 0.3) is 0 Å². The molecular weight excluding hydrogens is 126 g/mol. The molecule has 0 aromatic rings. The Morgan fingerprint density at radius 1 is 1.50 bits per heavy atom. The van der Waals surface area contributed by atoms with E-state index in [-0.39, 0.29) is 5.75 Å². The first-order valence-corrected chi connectivity index (χ1v) is 4.58. The van der Waals surface area contributed by atoms with E-state index in [4.69, 9.17) is 0 Å². The molecule has 8 heavy (non-hydrogen) atoms. The molecule has 0 radical (unpaired) electrons. The smallest absolute Gasteiger partial charge is 0.152 e. The van der Waals surface area contributed by atoms with E-state index >= 15 is 0 Å². The van der Waals surface area contributed by atoms with Gasteiger partial charge in [-0.05, 0) is 0 Å². The Hall–Kier alpha value is -0.0900. The van der Waals surface area contributed by atoms with Gasteiger partial charge in [-0.3, -0.25) is 0 Å². The highest BCUT2D eigenvalue weighted by Gasteiger charge is 1.99. The number of rotatable bonds is 3. The fourth-order valence-corrected chi connectivity index (χ4v) is 0.996. The minimum Gasteiger partial charge on any atom is -0.348 e. The van der Waals surface area contributed by atoms with Crippen LogP contribution in [0.4, 0.5) is 0 Å². The van der Waals surface area contributed by atoms with Crippen LogP contribution in [0, 0.1) is 0 Å². The van der Waals surface area contributed by atoms with Gasteiger partial charge in [0.15, 0.2) is 9.84 Å². The Morgan fingerprint density at radius 2 is 2.00 bits per heavy atom. The minimum atomic E-state index is -2.72. The Labute approximate surface area is 50.0 Å². The van der Waals surface area contributed by atoms with Gasteiger partial charge in [0.2, 0.25) is 0 Å². The van der Waals surface area contributed by atoms with Crippen molar-refractivity contribution in [3.8, 4) is 0 Å². The van der Waals surface area contributed by atoms with Crippen molar-refractivity contribution in [3.63, 3.8) is 0 Å². The van der Waals surface area contributed by atoms with Crippen LogP contribution in [0.3, 0.4) is 0 Å². The van der Waals surface area contributed by atoms with Gasteiger partial charge >= 0.3 is 0 Å². The second-order valence-corrected chi connectivity index (χ2v) is 4.09. The largest absolute Gasteiger partial charge is 0.348 e. The van der Waals surface area contributed by atoms with Crippen molar-refractivity contribution in [2.75, 3.05) is 25.6 Å². The van der Waals surface area contributed by atoms with Crippen LogP contribution in [0.5, 0.6) is 0 Å². The standard InChI is InChI=1S/C4H11NO2S/c1-5-3-4-8(2,6)7/h5H,3-4H2,1-2H3/p+1. The molecule has 0 aliphatic heterocycles. The minimum absolute atomic E-state index is 0.281. The van der Waals surface area contributed by atoms with E-state index in [1.165, 1.54) is 6.26 Å². The molecule has 0 bridgehead atoms.